The molecular weight excluding hydrogens is 299 g/mol. The molecule has 1 aromatic heterocycles. The molecule has 2 aliphatic rings. The van der Waals surface area contributed by atoms with Gasteiger partial charge in [-0.1, -0.05) is 19.3 Å². The van der Waals surface area contributed by atoms with Crippen LogP contribution in [0.1, 0.15) is 65.4 Å². The second-order valence-corrected chi connectivity index (χ2v) is 8.39. The van der Waals surface area contributed by atoms with E-state index in [1.807, 2.05) is 6.20 Å². The van der Waals surface area contributed by atoms with Crippen LogP contribution < -0.4 is 10.4 Å². The van der Waals surface area contributed by atoms with Gasteiger partial charge in [0.05, 0.1) is 11.2 Å². The lowest BCUT2D eigenvalue weighted by Gasteiger charge is -2.32. The monoisotopic (exact) mass is 330 g/mol. The normalized spacial score (nSPS) is 23.5. The molecule has 0 aromatic carbocycles. The van der Waals surface area contributed by atoms with Crippen molar-refractivity contribution in [1.29, 1.82) is 0 Å². The zero-order valence-electron chi connectivity index (χ0n) is 16.1. The smallest absolute Gasteiger partial charge is 0.399 e. The summed E-state index contributed by atoms with van der Waals surface area (Å²) in [5, 5.41) is 0. The van der Waals surface area contributed by atoms with Gasteiger partial charge in [0.15, 0.2) is 0 Å². The van der Waals surface area contributed by atoms with E-state index in [9.17, 15) is 0 Å². The Labute approximate surface area is 147 Å². The van der Waals surface area contributed by atoms with Gasteiger partial charge in [-0.3, -0.25) is 0 Å². The quantitative estimate of drug-likeness (QED) is 0.795. The van der Waals surface area contributed by atoms with E-state index in [1.54, 1.807) is 0 Å². The van der Waals surface area contributed by atoms with Gasteiger partial charge in [0.1, 0.15) is 5.82 Å². The Morgan fingerprint density at radius 3 is 2.21 bits per heavy atom. The Balaban J connectivity index is 1.78. The molecule has 2 fully saturated rings. The lowest BCUT2D eigenvalue weighted by molar-refractivity contribution is 0.00578. The fourth-order valence-corrected chi connectivity index (χ4v) is 3.62. The first-order chi connectivity index (χ1) is 11.2. The average Bonchev–Trinajstić information content (AvgIpc) is 2.75. The summed E-state index contributed by atoms with van der Waals surface area (Å²) in [6.45, 7) is 10.5. The molecule has 2 heterocycles. The van der Waals surface area contributed by atoms with Crippen molar-refractivity contribution in [2.75, 3.05) is 11.9 Å². The van der Waals surface area contributed by atoms with Crippen molar-refractivity contribution in [2.24, 2.45) is 0 Å². The fourth-order valence-electron chi connectivity index (χ4n) is 3.62. The maximum atomic E-state index is 6.17. The molecular formula is C19H31BN2O2. The first kappa shape index (κ1) is 17.7. The summed E-state index contributed by atoms with van der Waals surface area (Å²) in [5.41, 5.74) is 1.58. The Morgan fingerprint density at radius 2 is 1.67 bits per heavy atom. The zero-order chi connectivity index (χ0) is 17.5. The fraction of sp³-hybridized carbons (Fsp3) is 0.737. The minimum absolute atomic E-state index is 0.318. The van der Waals surface area contributed by atoms with Crippen molar-refractivity contribution in [1.82, 2.24) is 4.98 Å². The second kappa shape index (κ2) is 6.34. The molecule has 0 spiro atoms. The summed E-state index contributed by atoms with van der Waals surface area (Å²) in [4.78, 5) is 7.07. The van der Waals surface area contributed by atoms with Gasteiger partial charge in [0, 0.05) is 24.7 Å². The average molecular weight is 330 g/mol. The van der Waals surface area contributed by atoms with Gasteiger partial charge in [0.2, 0.25) is 0 Å². The molecule has 0 N–H and O–H groups in total. The molecule has 3 rings (SSSR count). The van der Waals surface area contributed by atoms with Crippen LogP contribution in [-0.2, 0) is 9.31 Å². The first-order valence-electron chi connectivity index (χ1n) is 9.26. The van der Waals surface area contributed by atoms with Crippen LogP contribution in [0, 0.1) is 6.92 Å². The van der Waals surface area contributed by atoms with E-state index in [1.165, 1.54) is 37.7 Å². The highest BCUT2D eigenvalue weighted by molar-refractivity contribution is 6.62. The number of pyridine rings is 1. The van der Waals surface area contributed by atoms with E-state index in [4.69, 9.17) is 14.3 Å². The Bertz CT molecular complexity index is 581. The van der Waals surface area contributed by atoms with Crippen molar-refractivity contribution in [3.8, 4) is 0 Å². The molecule has 24 heavy (non-hydrogen) atoms. The van der Waals surface area contributed by atoms with Crippen molar-refractivity contribution in [2.45, 2.75) is 84.0 Å². The minimum Gasteiger partial charge on any atom is -0.399 e. The topological polar surface area (TPSA) is 34.6 Å². The van der Waals surface area contributed by atoms with E-state index < -0.39 is 0 Å². The van der Waals surface area contributed by atoms with E-state index in [-0.39, 0.29) is 18.3 Å². The van der Waals surface area contributed by atoms with Crippen molar-refractivity contribution in [3.63, 3.8) is 0 Å². The highest BCUT2D eigenvalue weighted by Crippen LogP contribution is 2.36. The van der Waals surface area contributed by atoms with Crippen molar-refractivity contribution < 1.29 is 9.31 Å². The number of hydrogen-bond donors (Lipinski definition) is 0. The lowest BCUT2D eigenvalue weighted by atomic mass is 9.77. The van der Waals surface area contributed by atoms with Gasteiger partial charge < -0.3 is 14.2 Å². The molecule has 0 unspecified atom stereocenters. The highest BCUT2D eigenvalue weighted by Gasteiger charge is 2.52. The van der Waals surface area contributed by atoms with Gasteiger partial charge in [0.25, 0.3) is 0 Å². The molecule has 0 amide bonds. The van der Waals surface area contributed by atoms with Gasteiger partial charge in [-0.15, -0.1) is 0 Å². The van der Waals surface area contributed by atoms with E-state index in [0.29, 0.717) is 6.04 Å². The molecule has 0 bridgehead atoms. The predicted molar refractivity (Wildman–Crippen MR) is 100.0 cm³/mol. The largest absolute Gasteiger partial charge is 0.496 e. The van der Waals surface area contributed by atoms with Crippen LogP contribution in [0.2, 0.25) is 0 Å². The molecule has 132 valence electrons. The third-order valence-corrected chi connectivity index (χ3v) is 6.13. The zero-order valence-corrected chi connectivity index (χ0v) is 16.1. The van der Waals surface area contributed by atoms with Crippen LogP contribution in [0.3, 0.4) is 0 Å². The standard InChI is InChI=1S/C19H31BN2O2/c1-14-12-17(22(6)15-10-8-7-9-11-15)21-13-16(14)20-23-18(2,3)19(4,5)24-20/h12-13,15H,7-11H2,1-6H3. The third-order valence-electron chi connectivity index (χ3n) is 6.13. The van der Waals surface area contributed by atoms with Crippen LogP contribution in [0.15, 0.2) is 12.3 Å². The van der Waals surface area contributed by atoms with Crippen LogP contribution in [0.5, 0.6) is 0 Å². The summed E-state index contributed by atoms with van der Waals surface area (Å²) >= 11 is 0. The van der Waals surface area contributed by atoms with E-state index in [0.717, 1.165) is 11.3 Å². The molecule has 0 radical (unpaired) electrons. The number of aromatic nitrogens is 1. The highest BCUT2D eigenvalue weighted by atomic mass is 16.7. The van der Waals surface area contributed by atoms with Crippen molar-refractivity contribution >= 4 is 18.4 Å². The van der Waals surface area contributed by atoms with Crippen LogP contribution in [0.25, 0.3) is 0 Å². The molecule has 4 nitrogen and oxygen atoms in total. The minimum atomic E-state index is -0.337. The van der Waals surface area contributed by atoms with Gasteiger partial charge >= 0.3 is 7.12 Å². The molecule has 1 aliphatic carbocycles. The maximum absolute atomic E-state index is 6.17. The number of anilines is 1. The second-order valence-electron chi connectivity index (χ2n) is 8.39. The maximum Gasteiger partial charge on any atom is 0.496 e. The Kier molecular flexibility index (Phi) is 4.69. The summed E-state index contributed by atoms with van der Waals surface area (Å²) in [5.74, 6) is 1.06. The summed E-state index contributed by atoms with van der Waals surface area (Å²) in [6.07, 6.45) is 8.52. The molecule has 0 atom stereocenters. The Morgan fingerprint density at radius 1 is 1.08 bits per heavy atom. The van der Waals surface area contributed by atoms with Crippen LogP contribution in [0.4, 0.5) is 5.82 Å². The first-order valence-corrected chi connectivity index (χ1v) is 9.26. The molecule has 1 saturated heterocycles. The molecule has 5 heteroatoms. The molecule has 1 aromatic rings. The van der Waals surface area contributed by atoms with E-state index >= 15 is 0 Å². The van der Waals surface area contributed by atoms with Crippen LogP contribution in [-0.4, -0.2) is 36.4 Å². The van der Waals surface area contributed by atoms with Gasteiger partial charge in [-0.25, -0.2) is 4.98 Å². The number of rotatable bonds is 3. The SMILES string of the molecule is Cc1cc(N(C)C2CCCCC2)ncc1B1OC(C)(C)C(C)(C)O1. The Hall–Kier alpha value is -1.07. The van der Waals surface area contributed by atoms with Crippen LogP contribution >= 0.6 is 0 Å². The number of nitrogens with zero attached hydrogens (tertiary/aromatic N) is 2. The molecule has 1 aliphatic heterocycles. The van der Waals surface area contributed by atoms with Gasteiger partial charge in [-0.2, -0.15) is 0 Å². The number of aryl methyl sites for hydroxylation is 1. The molecule has 1 saturated carbocycles. The van der Waals surface area contributed by atoms with E-state index in [2.05, 4.69) is 52.6 Å². The van der Waals surface area contributed by atoms with Gasteiger partial charge in [-0.05, 0) is 59.1 Å². The van der Waals surface area contributed by atoms with Crippen molar-refractivity contribution in [3.05, 3.63) is 17.8 Å². The summed E-state index contributed by atoms with van der Waals surface area (Å²) < 4.78 is 12.3. The lowest BCUT2D eigenvalue weighted by Crippen LogP contribution is -2.41. The summed E-state index contributed by atoms with van der Waals surface area (Å²) in [7, 11) is 1.84. The number of hydrogen-bond acceptors (Lipinski definition) is 4. The predicted octanol–water partition coefficient (Wildman–Crippen LogP) is 3.46. The summed E-state index contributed by atoms with van der Waals surface area (Å²) in [6, 6.07) is 2.79. The third kappa shape index (κ3) is 3.21.